The fraction of sp³-hybridized carbons (Fsp3) is 0.381. The zero-order chi connectivity index (χ0) is 16.7. The molecular formula is C21H23N2O. The minimum atomic E-state index is -0.366. The van der Waals surface area contributed by atoms with Crippen molar-refractivity contribution >= 4 is 27.7 Å². The number of hydrogen-bond acceptors (Lipinski definition) is 1. The zero-order valence-electron chi connectivity index (χ0n) is 14.1. The predicted octanol–water partition coefficient (Wildman–Crippen LogP) is 4.45. The number of carbonyl (C=O) groups is 1. The monoisotopic (exact) mass is 319 g/mol. The number of aryl methyl sites for hydroxylation is 1. The van der Waals surface area contributed by atoms with Gasteiger partial charge in [0.2, 0.25) is 5.91 Å². The molecule has 2 aromatic carbocycles. The number of rotatable bonds is 6. The van der Waals surface area contributed by atoms with E-state index in [1.807, 2.05) is 12.1 Å². The van der Waals surface area contributed by atoms with Gasteiger partial charge in [0.05, 0.1) is 5.52 Å². The average molecular weight is 319 g/mol. The van der Waals surface area contributed by atoms with Gasteiger partial charge in [0.1, 0.15) is 0 Å². The van der Waals surface area contributed by atoms with E-state index in [9.17, 15) is 4.79 Å². The first kappa shape index (κ1) is 15.3. The molecule has 123 valence electrons. The summed E-state index contributed by atoms with van der Waals surface area (Å²) in [5, 5.41) is 1.99. The summed E-state index contributed by atoms with van der Waals surface area (Å²) in [5.41, 5.74) is 9.85. The second kappa shape index (κ2) is 5.97. The Balaban J connectivity index is 1.97. The molecule has 1 fully saturated rings. The molecule has 1 aromatic heterocycles. The van der Waals surface area contributed by atoms with Crippen LogP contribution in [0.25, 0.3) is 21.8 Å². The fourth-order valence-corrected chi connectivity index (χ4v) is 3.58. The molecule has 1 heterocycles. The van der Waals surface area contributed by atoms with Gasteiger partial charge in [0.15, 0.2) is 0 Å². The third-order valence-electron chi connectivity index (χ3n) is 5.08. The van der Waals surface area contributed by atoms with Crippen molar-refractivity contribution in [1.29, 1.82) is 0 Å². The molecule has 3 heteroatoms. The lowest BCUT2D eigenvalue weighted by molar-refractivity contribution is 0.100. The fourth-order valence-electron chi connectivity index (χ4n) is 3.58. The Kier molecular flexibility index (Phi) is 3.79. The number of hydrogen-bond donors (Lipinski definition) is 1. The van der Waals surface area contributed by atoms with Gasteiger partial charge in [-0.05, 0) is 61.4 Å². The highest BCUT2D eigenvalue weighted by Gasteiger charge is 2.25. The molecule has 3 aromatic rings. The van der Waals surface area contributed by atoms with Crippen molar-refractivity contribution in [2.75, 3.05) is 0 Å². The quantitative estimate of drug-likeness (QED) is 0.717. The molecule has 1 saturated carbocycles. The molecule has 0 bridgehead atoms. The molecule has 2 N–H and O–H groups in total. The Morgan fingerprint density at radius 3 is 2.88 bits per heavy atom. The minimum Gasteiger partial charge on any atom is -0.366 e. The Hall–Kier alpha value is -2.29. The molecule has 0 spiro atoms. The summed E-state index contributed by atoms with van der Waals surface area (Å²) >= 11 is 0. The largest absolute Gasteiger partial charge is 0.366 e. The molecule has 1 aliphatic carbocycles. The van der Waals surface area contributed by atoms with Crippen molar-refractivity contribution in [2.45, 2.75) is 45.6 Å². The van der Waals surface area contributed by atoms with E-state index in [0.717, 1.165) is 35.2 Å². The van der Waals surface area contributed by atoms with Crippen molar-refractivity contribution in [3.8, 4) is 0 Å². The van der Waals surface area contributed by atoms with Crippen LogP contribution >= 0.6 is 0 Å². The number of aromatic nitrogens is 1. The zero-order valence-corrected chi connectivity index (χ0v) is 14.1. The van der Waals surface area contributed by atoms with Crippen LogP contribution in [0.4, 0.5) is 0 Å². The van der Waals surface area contributed by atoms with E-state index in [1.165, 1.54) is 36.8 Å². The number of nitrogens with zero attached hydrogens (tertiary/aromatic N) is 1. The van der Waals surface area contributed by atoms with E-state index in [2.05, 4.69) is 35.8 Å². The second-order valence-electron chi connectivity index (χ2n) is 6.99. The number of carbonyl (C=O) groups excluding carboxylic acids is 1. The van der Waals surface area contributed by atoms with Gasteiger partial charge >= 0.3 is 0 Å². The van der Waals surface area contributed by atoms with Gasteiger partial charge in [0, 0.05) is 28.4 Å². The van der Waals surface area contributed by atoms with Crippen LogP contribution in [0, 0.1) is 12.0 Å². The Labute approximate surface area is 142 Å². The summed E-state index contributed by atoms with van der Waals surface area (Å²) in [6.07, 6.45) is 6.06. The summed E-state index contributed by atoms with van der Waals surface area (Å²) in [4.78, 5) is 11.9. The smallest absolute Gasteiger partial charge is 0.249 e. The number of benzene rings is 2. The van der Waals surface area contributed by atoms with E-state index < -0.39 is 0 Å². The second-order valence-corrected chi connectivity index (χ2v) is 6.99. The number of nitrogens with two attached hydrogens (primary N) is 1. The summed E-state index contributed by atoms with van der Waals surface area (Å²) in [6.45, 7) is 3.23. The van der Waals surface area contributed by atoms with E-state index in [4.69, 9.17) is 5.73 Å². The van der Waals surface area contributed by atoms with Crippen LogP contribution in [0.3, 0.4) is 0 Å². The third kappa shape index (κ3) is 2.58. The van der Waals surface area contributed by atoms with Crippen molar-refractivity contribution in [3.05, 3.63) is 47.5 Å². The van der Waals surface area contributed by atoms with Crippen LogP contribution < -0.4 is 5.73 Å². The maximum Gasteiger partial charge on any atom is 0.249 e. The van der Waals surface area contributed by atoms with Gasteiger partial charge in [-0.25, -0.2) is 0 Å². The highest BCUT2D eigenvalue weighted by atomic mass is 16.1. The number of amides is 1. The van der Waals surface area contributed by atoms with Crippen molar-refractivity contribution in [1.82, 2.24) is 4.57 Å². The van der Waals surface area contributed by atoms with E-state index in [0.29, 0.717) is 5.56 Å². The first-order valence-corrected chi connectivity index (χ1v) is 8.94. The van der Waals surface area contributed by atoms with Crippen LogP contribution in [0.2, 0.25) is 0 Å². The minimum absolute atomic E-state index is 0.366. The van der Waals surface area contributed by atoms with E-state index >= 15 is 0 Å². The summed E-state index contributed by atoms with van der Waals surface area (Å²) in [5.74, 6) is 0.398. The van der Waals surface area contributed by atoms with Crippen LogP contribution in [0.5, 0.6) is 0 Å². The first-order valence-electron chi connectivity index (χ1n) is 8.94. The summed E-state index contributed by atoms with van der Waals surface area (Å²) < 4.78 is 2.38. The van der Waals surface area contributed by atoms with Gasteiger partial charge in [-0.15, -0.1) is 0 Å². The summed E-state index contributed by atoms with van der Waals surface area (Å²) in [6, 6.07) is 13.7. The lowest BCUT2D eigenvalue weighted by Gasteiger charge is -2.07. The molecular weight excluding hydrogens is 296 g/mol. The van der Waals surface area contributed by atoms with Gasteiger partial charge in [-0.2, -0.15) is 0 Å². The van der Waals surface area contributed by atoms with E-state index in [-0.39, 0.29) is 5.91 Å². The highest BCUT2D eigenvalue weighted by Crippen LogP contribution is 2.37. The molecule has 0 saturated heterocycles. The lowest BCUT2D eigenvalue weighted by Crippen LogP contribution is -2.11. The van der Waals surface area contributed by atoms with E-state index in [1.54, 1.807) is 0 Å². The molecule has 24 heavy (non-hydrogen) atoms. The third-order valence-corrected chi connectivity index (χ3v) is 5.08. The van der Waals surface area contributed by atoms with Crippen LogP contribution in [0.1, 0.15) is 48.5 Å². The maximum atomic E-state index is 11.9. The lowest BCUT2D eigenvalue weighted by atomic mass is 10.0. The van der Waals surface area contributed by atoms with Crippen molar-refractivity contribution in [3.63, 3.8) is 0 Å². The number of unbranched alkanes of at least 4 members (excludes halogenated alkanes) is 1. The highest BCUT2D eigenvalue weighted by molar-refractivity contribution is 6.17. The van der Waals surface area contributed by atoms with Gasteiger partial charge in [-0.1, -0.05) is 25.5 Å². The molecule has 0 atom stereocenters. The maximum absolute atomic E-state index is 11.9. The van der Waals surface area contributed by atoms with Gasteiger partial charge in [0.25, 0.3) is 0 Å². The molecule has 1 amide bonds. The number of fused-ring (bicyclic) bond motifs is 3. The topological polar surface area (TPSA) is 48.0 Å². The predicted molar refractivity (Wildman–Crippen MR) is 98.1 cm³/mol. The molecule has 1 aliphatic rings. The standard InChI is InChI=1S/C21H23N2O/c1-2-3-5-14-10-11-16-19(12-14)23(13-15-8-9-15)18-7-4-6-17(20(16)18)21(22)24/h4,6-7,10,12,15H,2-3,5,8-9,13H2,1H3,(H2,22,24). The normalized spacial score (nSPS) is 14.5. The SMILES string of the molecule is CCCCc1c[c]c2c3c(C(N)=O)cccc3n(CC3CC3)c2c1. The molecule has 3 nitrogen and oxygen atoms in total. The molecule has 0 unspecified atom stereocenters. The van der Waals surface area contributed by atoms with Crippen molar-refractivity contribution in [2.24, 2.45) is 11.7 Å². The molecule has 1 radical (unpaired) electrons. The Bertz CT molecular complexity index is 918. The first-order chi connectivity index (χ1) is 11.7. The Morgan fingerprint density at radius 2 is 2.17 bits per heavy atom. The van der Waals surface area contributed by atoms with Crippen LogP contribution in [0.15, 0.2) is 30.3 Å². The summed E-state index contributed by atoms with van der Waals surface area (Å²) in [7, 11) is 0. The molecule has 4 rings (SSSR count). The van der Waals surface area contributed by atoms with Crippen LogP contribution in [-0.4, -0.2) is 10.5 Å². The van der Waals surface area contributed by atoms with Gasteiger partial charge < -0.3 is 10.3 Å². The van der Waals surface area contributed by atoms with Crippen molar-refractivity contribution < 1.29 is 4.79 Å². The average Bonchev–Trinajstić information content (AvgIpc) is 3.36. The number of primary amides is 1. The molecule has 0 aliphatic heterocycles. The van der Waals surface area contributed by atoms with Gasteiger partial charge in [-0.3, -0.25) is 4.79 Å². The van der Waals surface area contributed by atoms with Crippen LogP contribution in [-0.2, 0) is 13.0 Å². The Morgan fingerprint density at radius 1 is 1.33 bits per heavy atom.